The van der Waals surface area contributed by atoms with E-state index in [1.54, 1.807) is 11.3 Å². The molecule has 0 spiro atoms. The standard InChI is InChI=1S/C26H36BNO2S/c1-6-7-8-9-10-13-18-28-19-21(20-14-11-12-15-22(20)28)23-16-17-24(31-23)27-29-25(2,3)26(4,5)30-27/h11-12,14-17,19H,6-10,13,18H2,1-5H3. The molecule has 0 N–H and O–H groups in total. The van der Waals surface area contributed by atoms with Gasteiger partial charge in [-0.25, -0.2) is 0 Å². The van der Waals surface area contributed by atoms with Crippen LogP contribution in [-0.2, 0) is 15.9 Å². The van der Waals surface area contributed by atoms with E-state index < -0.39 is 0 Å². The van der Waals surface area contributed by atoms with Gasteiger partial charge in [0.25, 0.3) is 0 Å². The van der Waals surface area contributed by atoms with E-state index in [0.29, 0.717) is 0 Å². The molecule has 1 aliphatic heterocycles. The Hall–Kier alpha value is -1.56. The minimum absolute atomic E-state index is 0.291. The lowest BCUT2D eigenvalue weighted by Gasteiger charge is -2.32. The third-order valence-electron chi connectivity index (χ3n) is 6.92. The third-order valence-corrected chi connectivity index (χ3v) is 8.06. The van der Waals surface area contributed by atoms with Gasteiger partial charge in [-0.2, -0.15) is 0 Å². The molecule has 0 amide bonds. The van der Waals surface area contributed by atoms with E-state index in [1.807, 2.05) is 0 Å². The lowest BCUT2D eigenvalue weighted by Crippen LogP contribution is -2.41. The summed E-state index contributed by atoms with van der Waals surface area (Å²) >= 11 is 1.79. The molecular formula is C26H36BNO2S. The van der Waals surface area contributed by atoms with Gasteiger partial charge in [0.1, 0.15) is 0 Å². The molecule has 4 rings (SSSR count). The molecule has 0 radical (unpaired) electrons. The molecule has 31 heavy (non-hydrogen) atoms. The van der Waals surface area contributed by atoms with Crippen molar-refractivity contribution in [3.05, 3.63) is 42.6 Å². The fraction of sp³-hybridized carbons (Fsp3) is 0.538. The molecule has 1 aromatic carbocycles. The Kier molecular flexibility index (Phi) is 6.66. The average Bonchev–Trinajstić information content (AvgIpc) is 3.40. The summed E-state index contributed by atoms with van der Waals surface area (Å²) < 4.78 is 16.1. The number of unbranched alkanes of at least 4 members (excludes halogenated alkanes) is 5. The number of rotatable bonds is 9. The highest BCUT2D eigenvalue weighted by Gasteiger charge is 2.52. The van der Waals surface area contributed by atoms with Crippen LogP contribution in [0, 0.1) is 0 Å². The van der Waals surface area contributed by atoms with E-state index in [9.17, 15) is 0 Å². The van der Waals surface area contributed by atoms with Crippen molar-refractivity contribution in [3.63, 3.8) is 0 Å². The van der Waals surface area contributed by atoms with Gasteiger partial charge < -0.3 is 13.9 Å². The number of aromatic nitrogens is 1. The zero-order valence-electron chi connectivity index (χ0n) is 19.7. The molecule has 3 heterocycles. The van der Waals surface area contributed by atoms with E-state index >= 15 is 0 Å². The second kappa shape index (κ2) is 9.13. The van der Waals surface area contributed by atoms with E-state index in [0.717, 1.165) is 11.3 Å². The minimum atomic E-state index is -0.311. The Labute approximate surface area is 191 Å². The molecule has 0 atom stereocenters. The maximum atomic E-state index is 6.27. The van der Waals surface area contributed by atoms with Crippen LogP contribution in [-0.4, -0.2) is 22.9 Å². The normalized spacial score (nSPS) is 17.6. The van der Waals surface area contributed by atoms with Crippen molar-refractivity contribution in [1.29, 1.82) is 0 Å². The minimum Gasteiger partial charge on any atom is -0.399 e. The molecule has 0 bridgehead atoms. The second-order valence-electron chi connectivity index (χ2n) is 9.81. The van der Waals surface area contributed by atoms with Crippen molar-refractivity contribution >= 4 is 34.1 Å². The Morgan fingerprint density at radius 3 is 2.29 bits per heavy atom. The van der Waals surface area contributed by atoms with Crippen molar-refractivity contribution in [2.75, 3.05) is 0 Å². The molecule has 5 heteroatoms. The van der Waals surface area contributed by atoms with Gasteiger partial charge in [0, 0.05) is 38.9 Å². The van der Waals surface area contributed by atoms with Crippen molar-refractivity contribution in [2.24, 2.45) is 0 Å². The Bertz CT molecular complexity index is 1000. The first-order chi connectivity index (χ1) is 14.8. The number of aryl methyl sites for hydroxylation is 1. The third kappa shape index (κ3) is 4.64. The van der Waals surface area contributed by atoms with Crippen molar-refractivity contribution in [3.8, 4) is 10.4 Å². The first kappa shape index (κ1) is 22.6. The van der Waals surface area contributed by atoms with Crippen molar-refractivity contribution < 1.29 is 9.31 Å². The monoisotopic (exact) mass is 437 g/mol. The van der Waals surface area contributed by atoms with Gasteiger partial charge in [0.15, 0.2) is 0 Å². The highest BCUT2D eigenvalue weighted by atomic mass is 32.1. The molecule has 2 aromatic heterocycles. The fourth-order valence-electron chi connectivity index (χ4n) is 4.27. The smallest absolute Gasteiger partial charge is 0.399 e. The van der Waals surface area contributed by atoms with Gasteiger partial charge in [-0.05, 0) is 46.2 Å². The van der Waals surface area contributed by atoms with E-state index in [1.165, 1.54) is 59.9 Å². The summed E-state index contributed by atoms with van der Waals surface area (Å²) in [5.74, 6) is 0. The topological polar surface area (TPSA) is 23.4 Å². The lowest BCUT2D eigenvalue weighted by molar-refractivity contribution is 0.00578. The maximum Gasteiger partial charge on any atom is 0.505 e. The van der Waals surface area contributed by atoms with Gasteiger partial charge >= 0.3 is 7.12 Å². The number of nitrogens with zero attached hydrogens (tertiary/aromatic N) is 1. The quantitative estimate of drug-likeness (QED) is 0.265. The molecular weight excluding hydrogens is 401 g/mol. The zero-order valence-corrected chi connectivity index (χ0v) is 20.6. The van der Waals surface area contributed by atoms with E-state index in [-0.39, 0.29) is 18.3 Å². The van der Waals surface area contributed by atoms with Gasteiger partial charge in [0.2, 0.25) is 0 Å². The van der Waals surface area contributed by atoms with E-state index in [2.05, 4.69) is 81.8 Å². The maximum absolute atomic E-state index is 6.27. The van der Waals surface area contributed by atoms with Crippen LogP contribution in [0.3, 0.4) is 0 Å². The number of hydrogen-bond donors (Lipinski definition) is 0. The fourth-order valence-corrected chi connectivity index (χ4v) is 5.27. The predicted octanol–water partition coefficient (Wildman–Crippen LogP) is 7.03. The summed E-state index contributed by atoms with van der Waals surface area (Å²) in [6.07, 6.45) is 10.3. The van der Waals surface area contributed by atoms with Crippen LogP contribution in [0.4, 0.5) is 0 Å². The van der Waals surface area contributed by atoms with Crippen LogP contribution in [0.25, 0.3) is 21.3 Å². The Balaban J connectivity index is 1.53. The molecule has 1 aliphatic rings. The van der Waals surface area contributed by atoms with Crippen LogP contribution in [0.1, 0.15) is 73.1 Å². The highest BCUT2D eigenvalue weighted by molar-refractivity contribution is 7.25. The van der Waals surface area contributed by atoms with Crippen LogP contribution in [0.2, 0.25) is 0 Å². The number of fused-ring (bicyclic) bond motifs is 1. The largest absolute Gasteiger partial charge is 0.505 e. The zero-order chi connectivity index (χ0) is 22.1. The van der Waals surface area contributed by atoms with Gasteiger partial charge in [0.05, 0.1) is 11.2 Å². The molecule has 0 unspecified atom stereocenters. The first-order valence-electron chi connectivity index (χ1n) is 11.9. The highest BCUT2D eigenvalue weighted by Crippen LogP contribution is 2.38. The summed E-state index contributed by atoms with van der Waals surface area (Å²) in [7, 11) is -0.291. The van der Waals surface area contributed by atoms with Crippen molar-refractivity contribution in [2.45, 2.75) is 90.9 Å². The van der Waals surface area contributed by atoms with Gasteiger partial charge in [-0.15, -0.1) is 11.3 Å². The summed E-state index contributed by atoms with van der Waals surface area (Å²) in [6.45, 7) is 11.8. The molecule has 0 saturated carbocycles. The molecule has 3 nitrogen and oxygen atoms in total. The second-order valence-corrected chi connectivity index (χ2v) is 10.9. The molecule has 3 aromatic rings. The molecule has 1 saturated heterocycles. The molecule has 1 fully saturated rings. The lowest BCUT2D eigenvalue weighted by atomic mass is 9.88. The summed E-state index contributed by atoms with van der Waals surface area (Å²) in [5, 5.41) is 1.33. The van der Waals surface area contributed by atoms with Crippen LogP contribution < -0.4 is 4.78 Å². The number of para-hydroxylation sites is 1. The van der Waals surface area contributed by atoms with Crippen molar-refractivity contribution in [1.82, 2.24) is 4.57 Å². The molecule has 0 aliphatic carbocycles. The first-order valence-corrected chi connectivity index (χ1v) is 12.7. The van der Waals surface area contributed by atoms with Gasteiger partial charge in [-0.3, -0.25) is 0 Å². The predicted molar refractivity (Wildman–Crippen MR) is 134 cm³/mol. The van der Waals surface area contributed by atoms with Gasteiger partial charge in [-0.1, -0.05) is 63.3 Å². The van der Waals surface area contributed by atoms with Crippen LogP contribution in [0.5, 0.6) is 0 Å². The Morgan fingerprint density at radius 2 is 1.55 bits per heavy atom. The Morgan fingerprint density at radius 1 is 0.871 bits per heavy atom. The number of hydrogen-bond acceptors (Lipinski definition) is 3. The summed E-state index contributed by atoms with van der Waals surface area (Å²) in [6, 6.07) is 13.2. The van der Waals surface area contributed by atoms with Crippen LogP contribution in [0.15, 0.2) is 42.6 Å². The SMILES string of the molecule is CCCCCCCCn1cc(-c2ccc(B3OC(C)(C)C(C)(C)O3)s2)c2ccccc21. The van der Waals surface area contributed by atoms with E-state index in [4.69, 9.17) is 9.31 Å². The number of thiophene rings is 1. The average molecular weight is 437 g/mol. The molecule has 166 valence electrons. The summed E-state index contributed by atoms with van der Waals surface area (Å²) in [5.41, 5.74) is 2.02. The van der Waals surface area contributed by atoms with Crippen LogP contribution >= 0.6 is 11.3 Å². The number of benzene rings is 1. The summed E-state index contributed by atoms with van der Waals surface area (Å²) in [4.78, 5) is 1.28.